The number of nitrogens with one attached hydrogen (secondary N) is 2. The van der Waals surface area contributed by atoms with Crippen LogP contribution in [0.5, 0.6) is 5.75 Å². The molecule has 1 aromatic rings. The number of para-hydroxylation sites is 2. The van der Waals surface area contributed by atoms with E-state index in [0.29, 0.717) is 6.04 Å². The molecule has 29 heavy (non-hydrogen) atoms. The fraction of sp³-hybridized carbons (Fsp3) is 0.619. The second-order valence-corrected chi connectivity index (χ2v) is 7.45. The molecule has 1 aliphatic heterocycles. The minimum Gasteiger partial charge on any atom is -0.495 e. The number of benzene rings is 1. The summed E-state index contributed by atoms with van der Waals surface area (Å²) in [7, 11) is 3.48. The number of carbonyl (C=O) groups is 1. The zero-order valence-electron chi connectivity index (χ0n) is 17.5. The van der Waals surface area contributed by atoms with Crippen molar-refractivity contribution in [2.24, 2.45) is 4.99 Å². The third kappa shape index (κ3) is 6.65. The van der Waals surface area contributed by atoms with Gasteiger partial charge in [0.25, 0.3) is 0 Å². The molecule has 162 valence electrons. The lowest BCUT2D eigenvalue weighted by Crippen LogP contribution is -2.54. The monoisotopic (exact) mass is 515 g/mol. The molecule has 0 radical (unpaired) electrons. The van der Waals surface area contributed by atoms with Gasteiger partial charge in [-0.1, -0.05) is 31.4 Å². The van der Waals surface area contributed by atoms with Crippen molar-refractivity contribution in [1.29, 1.82) is 0 Å². The van der Waals surface area contributed by atoms with Crippen molar-refractivity contribution in [3.8, 4) is 5.75 Å². The van der Waals surface area contributed by atoms with Crippen LogP contribution in [-0.2, 0) is 4.79 Å². The number of piperazine rings is 1. The standard InChI is InChI=1S/C21H33N5O2.HI/c1-22-21(23-16-20(27)24-17-8-4-3-5-9-17)26-14-12-25(13-15-26)18-10-6-7-11-19(18)28-2;/h6-7,10-11,17H,3-5,8-9,12-16H2,1-2H3,(H,22,23)(H,24,27);1H. The van der Waals surface area contributed by atoms with Crippen LogP contribution in [0.3, 0.4) is 0 Å². The molecule has 0 spiro atoms. The predicted molar refractivity (Wildman–Crippen MR) is 129 cm³/mol. The quantitative estimate of drug-likeness (QED) is 0.359. The second-order valence-electron chi connectivity index (χ2n) is 7.45. The van der Waals surface area contributed by atoms with Gasteiger partial charge in [-0.15, -0.1) is 24.0 Å². The van der Waals surface area contributed by atoms with E-state index < -0.39 is 0 Å². The summed E-state index contributed by atoms with van der Waals surface area (Å²) in [6, 6.07) is 8.46. The van der Waals surface area contributed by atoms with Gasteiger partial charge in [-0.2, -0.15) is 0 Å². The third-order valence-corrected chi connectivity index (χ3v) is 5.59. The smallest absolute Gasteiger partial charge is 0.239 e. The molecule has 0 aromatic heterocycles. The molecular weight excluding hydrogens is 481 g/mol. The molecule has 2 N–H and O–H groups in total. The molecule has 1 saturated heterocycles. The number of amides is 1. The Labute approximate surface area is 191 Å². The number of hydrogen-bond donors (Lipinski definition) is 2. The lowest BCUT2D eigenvalue weighted by Gasteiger charge is -2.38. The van der Waals surface area contributed by atoms with Gasteiger partial charge < -0.3 is 25.2 Å². The van der Waals surface area contributed by atoms with E-state index in [0.717, 1.165) is 56.4 Å². The first-order valence-electron chi connectivity index (χ1n) is 10.3. The van der Waals surface area contributed by atoms with Crippen LogP contribution in [0, 0.1) is 0 Å². The van der Waals surface area contributed by atoms with Crippen molar-refractivity contribution >= 4 is 41.5 Å². The molecular formula is C21H34IN5O2. The summed E-state index contributed by atoms with van der Waals surface area (Å²) in [5.41, 5.74) is 1.12. The van der Waals surface area contributed by atoms with Gasteiger partial charge in [0.2, 0.25) is 5.91 Å². The molecule has 1 amide bonds. The van der Waals surface area contributed by atoms with Gasteiger partial charge in [0, 0.05) is 39.3 Å². The van der Waals surface area contributed by atoms with Crippen LogP contribution >= 0.6 is 24.0 Å². The number of nitrogens with zero attached hydrogens (tertiary/aromatic N) is 3. The Morgan fingerprint density at radius 2 is 1.83 bits per heavy atom. The minimum absolute atomic E-state index is 0. The van der Waals surface area contributed by atoms with Gasteiger partial charge in [0.1, 0.15) is 5.75 Å². The van der Waals surface area contributed by atoms with E-state index >= 15 is 0 Å². The van der Waals surface area contributed by atoms with Crippen LogP contribution in [0.1, 0.15) is 32.1 Å². The number of aliphatic imine (C=N–C) groups is 1. The molecule has 0 unspecified atom stereocenters. The van der Waals surface area contributed by atoms with Gasteiger partial charge in [0.15, 0.2) is 5.96 Å². The second kappa shape index (κ2) is 12.1. The highest BCUT2D eigenvalue weighted by molar-refractivity contribution is 14.0. The number of halogens is 1. The number of rotatable bonds is 5. The zero-order valence-corrected chi connectivity index (χ0v) is 19.9. The van der Waals surface area contributed by atoms with Gasteiger partial charge >= 0.3 is 0 Å². The van der Waals surface area contributed by atoms with E-state index in [1.54, 1.807) is 14.2 Å². The van der Waals surface area contributed by atoms with Crippen molar-refractivity contribution in [2.45, 2.75) is 38.1 Å². The first kappa shape index (κ1) is 23.6. The fourth-order valence-corrected chi connectivity index (χ4v) is 4.07. The van der Waals surface area contributed by atoms with E-state index in [9.17, 15) is 4.79 Å². The third-order valence-electron chi connectivity index (χ3n) is 5.59. The average molecular weight is 515 g/mol. The van der Waals surface area contributed by atoms with E-state index in [2.05, 4.69) is 31.5 Å². The Bertz CT molecular complexity index is 671. The fourth-order valence-electron chi connectivity index (χ4n) is 4.07. The number of carbonyl (C=O) groups excluding carboxylic acids is 1. The summed E-state index contributed by atoms with van der Waals surface area (Å²) < 4.78 is 5.49. The molecule has 2 aliphatic rings. The maximum Gasteiger partial charge on any atom is 0.239 e. The molecule has 1 heterocycles. The lowest BCUT2D eigenvalue weighted by molar-refractivity contribution is -0.120. The molecule has 1 saturated carbocycles. The van der Waals surface area contributed by atoms with Gasteiger partial charge in [-0.05, 0) is 25.0 Å². The Morgan fingerprint density at radius 1 is 1.14 bits per heavy atom. The summed E-state index contributed by atoms with van der Waals surface area (Å²) >= 11 is 0. The molecule has 0 atom stereocenters. The SMILES string of the molecule is CN=C(NCC(=O)NC1CCCCC1)N1CCN(c2ccccc2OC)CC1.I. The molecule has 3 rings (SSSR count). The molecule has 0 bridgehead atoms. The minimum atomic E-state index is 0. The van der Waals surface area contributed by atoms with E-state index in [1.165, 1.54) is 19.3 Å². The van der Waals surface area contributed by atoms with Crippen LogP contribution in [-0.4, -0.2) is 69.7 Å². The molecule has 8 heteroatoms. The van der Waals surface area contributed by atoms with E-state index in [-0.39, 0.29) is 36.4 Å². The van der Waals surface area contributed by atoms with Crippen molar-refractivity contribution < 1.29 is 9.53 Å². The highest BCUT2D eigenvalue weighted by Gasteiger charge is 2.22. The first-order valence-corrected chi connectivity index (χ1v) is 10.3. The van der Waals surface area contributed by atoms with Crippen LogP contribution in [0.25, 0.3) is 0 Å². The molecule has 1 aromatic carbocycles. The largest absolute Gasteiger partial charge is 0.495 e. The van der Waals surface area contributed by atoms with Crippen LogP contribution in [0.15, 0.2) is 29.3 Å². The number of guanidine groups is 1. The Balaban J connectivity index is 0.00000300. The summed E-state index contributed by atoms with van der Waals surface area (Å²) in [6.45, 7) is 3.74. The molecule has 7 nitrogen and oxygen atoms in total. The molecule has 2 fully saturated rings. The van der Waals surface area contributed by atoms with Gasteiger partial charge in [-0.3, -0.25) is 9.79 Å². The highest BCUT2D eigenvalue weighted by Crippen LogP contribution is 2.28. The first-order chi connectivity index (χ1) is 13.7. The Kier molecular flexibility index (Phi) is 9.83. The van der Waals surface area contributed by atoms with Gasteiger partial charge in [0.05, 0.1) is 19.3 Å². The van der Waals surface area contributed by atoms with E-state index in [1.807, 2.05) is 18.2 Å². The predicted octanol–water partition coefficient (Wildman–Crippen LogP) is 2.46. The maximum atomic E-state index is 12.3. The number of ether oxygens (including phenoxy) is 1. The van der Waals surface area contributed by atoms with Crippen molar-refractivity contribution in [3.63, 3.8) is 0 Å². The Hall–Kier alpha value is -1.71. The van der Waals surface area contributed by atoms with E-state index in [4.69, 9.17) is 4.74 Å². The number of anilines is 1. The summed E-state index contributed by atoms with van der Waals surface area (Å²) in [5, 5.41) is 6.37. The average Bonchev–Trinajstić information content (AvgIpc) is 2.75. The maximum absolute atomic E-state index is 12.3. The normalized spacial score (nSPS) is 18.1. The van der Waals surface area contributed by atoms with Crippen molar-refractivity contribution in [1.82, 2.24) is 15.5 Å². The van der Waals surface area contributed by atoms with Crippen LogP contribution in [0.2, 0.25) is 0 Å². The summed E-state index contributed by atoms with van der Waals surface area (Å²) in [5.74, 6) is 1.75. The van der Waals surface area contributed by atoms with Crippen molar-refractivity contribution in [3.05, 3.63) is 24.3 Å². The number of methoxy groups -OCH3 is 1. The zero-order chi connectivity index (χ0) is 19.8. The van der Waals surface area contributed by atoms with Crippen LogP contribution in [0.4, 0.5) is 5.69 Å². The molecule has 1 aliphatic carbocycles. The van der Waals surface area contributed by atoms with Crippen molar-refractivity contribution in [2.75, 3.05) is 51.8 Å². The van der Waals surface area contributed by atoms with Crippen LogP contribution < -0.4 is 20.3 Å². The lowest BCUT2D eigenvalue weighted by atomic mass is 9.95. The Morgan fingerprint density at radius 3 is 2.48 bits per heavy atom. The summed E-state index contributed by atoms with van der Waals surface area (Å²) in [4.78, 5) is 21.2. The van der Waals surface area contributed by atoms with Gasteiger partial charge in [-0.25, -0.2) is 0 Å². The topological polar surface area (TPSA) is 69.2 Å². The highest BCUT2D eigenvalue weighted by atomic mass is 127. The number of hydrogen-bond acceptors (Lipinski definition) is 4. The summed E-state index contributed by atoms with van der Waals surface area (Å²) in [6.07, 6.45) is 5.93.